The van der Waals surface area contributed by atoms with E-state index in [9.17, 15) is 0 Å². The highest BCUT2D eigenvalue weighted by atomic mass is 35.5. The summed E-state index contributed by atoms with van der Waals surface area (Å²) in [5.41, 5.74) is -0.222. The molecule has 0 N–H and O–H groups in total. The number of thioether (sulfide) groups is 1. The van der Waals surface area contributed by atoms with Gasteiger partial charge in [-0.1, -0.05) is 23.2 Å². The monoisotopic (exact) mass is 250 g/mol. The Kier molecular flexibility index (Phi) is 5.71. The average molecular weight is 251 g/mol. The second-order valence-corrected chi connectivity index (χ2v) is 4.65. The number of benzene rings is 1. The van der Waals surface area contributed by atoms with Crippen LogP contribution in [0.3, 0.4) is 0 Å². The minimum atomic E-state index is -0.222. The molecule has 4 heteroatoms. The molecule has 0 radical (unpaired) electrons. The third-order valence-corrected chi connectivity index (χ3v) is 3.33. The van der Waals surface area contributed by atoms with Crippen molar-refractivity contribution in [3.8, 4) is 0 Å². The van der Waals surface area contributed by atoms with Gasteiger partial charge in [0.05, 0.1) is 0 Å². The van der Waals surface area contributed by atoms with Crippen LogP contribution >= 0.6 is 35.0 Å². The molecule has 1 atom stereocenters. The smallest absolute Gasteiger partial charge is 0.140 e. The first-order chi connectivity index (χ1) is 6.72. The SMILES string of the molecule is CCOC(Cl)CSc1ccc(Cl)cc1. The molecule has 0 bridgehead atoms. The fourth-order valence-corrected chi connectivity index (χ4v) is 2.11. The molecular formula is C10H12Cl2OS. The Morgan fingerprint density at radius 2 is 2.00 bits per heavy atom. The first-order valence-corrected chi connectivity index (χ1v) is 6.16. The lowest BCUT2D eigenvalue weighted by atomic mass is 10.4. The molecule has 0 aromatic heterocycles. The summed E-state index contributed by atoms with van der Waals surface area (Å²) in [4.78, 5) is 1.15. The van der Waals surface area contributed by atoms with E-state index in [0.29, 0.717) is 6.61 Å². The number of ether oxygens (including phenoxy) is 1. The molecule has 1 nitrogen and oxygen atoms in total. The maximum atomic E-state index is 5.89. The first-order valence-electron chi connectivity index (χ1n) is 4.36. The average Bonchev–Trinajstić information content (AvgIpc) is 2.17. The van der Waals surface area contributed by atoms with Gasteiger partial charge in [-0.3, -0.25) is 0 Å². The van der Waals surface area contributed by atoms with Crippen molar-refractivity contribution >= 4 is 35.0 Å². The third kappa shape index (κ3) is 4.56. The molecule has 0 aliphatic heterocycles. The molecule has 0 aliphatic rings. The van der Waals surface area contributed by atoms with Crippen LogP contribution in [0.2, 0.25) is 5.02 Å². The van der Waals surface area contributed by atoms with Gasteiger partial charge in [-0.15, -0.1) is 11.8 Å². The fraction of sp³-hybridized carbons (Fsp3) is 0.400. The van der Waals surface area contributed by atoms with Crippen LogP contribution in [-0.2, 0) is 4.74 Å². The molecule has 0 heterocycles. The van der Waals surface area contributed by atoms with E-state index in [0.717, 1.165) is 15.7 Å². The van der Waals surface area contributed by atoms with E-state index in [1.807, 2.05) is 31.2 Å². The van der Waals surface area contributed by atoms with Gasteiger partial charge in [0.1, 0.15) is 5.56 Å². The van der Waals surface area contributed by atoms with Gasteiger partial charge in [-0.25, -0.2) is 0 Å². The van der Waals surface area contributed by atoms with E-state index in [1.165, 1.54) is 0 Å². The van der Waals surface area contributed by atoms with Gasteiger partial charge in [0.25, 0.3) is 0 Å². The van der Waals surface area contributed by atoms with Crippen molar-refractivity contribution in [2.24, 2.45) is 0 Å². The van der Waals surface area contributed by atoms with Crippen molar-refractivity contribution in [1.82, 2.24) is 0 Å². The van der Waals surface area contributed by atoms with E-state index in [4.69, 9.17) is 27.9 Å². The molecule has 0 aliphatic carbocycles. The molecule has 78 valence electrons. The summed E-state index contributed by atoms with van der Waals surface area (Å²) in [5.74, 6) is 0.747. The van der Waals surface area contributed by atoms with Crippen molar-refractivity contribution < 1.29 is 4.74 Å². The molecule has 1 aromatic rings. The summed E-state index contributed by atoms with van der Waals surface area (Å²) < 4.78 is 5.21. The number of rotatable bonds is 5. The predicted octanol–water partition coefficient (Wildman–Crippen LogP) is 4.03. The van der Waals surface area contributed by atoms with E-state index in [2.05, 4.69) is 0 Å². The van der Waals surface area contributed by atoms with Crippen LogP contribution in [0.5, 0.6) is 0 Å². The Balaban J connectivity index is 2.34. The molecule has 0 amide bonds. The highest BCUT2D eigenvalue weighted by molar-refractivity contribution is 7.99. The lowest BCUT2D eigenvalue weighted by Crippen LogP contribution is -2.07. The quantitative estimate of drug-likeness (QED) is 0.577. The van der Waals surface area contributed by atoms with Crippen LogP contribution in [0, 0.1) is 0 Å². The summed E-state index contributed by atoms with van der Waals surface area (Å²) in [5, 5.41) is 0.751. The van der Waals surface area contributed by atoms with Crippen LogP contribution in [0.1, 0.15) is 6.92 Å². The molecule has 1 unspecified atom stereocenters. The van der Waals surface area contributed by atoms with Crippen LogP contribution < -0.4 is 0 Å². The first kappa shape index (κ1) is 12.2. The number of alkyl halides is 1. The maximum Gasteiger partial charge on any atom is 0.140 e. The Hall–Kier alpha value is 0.110. The molecule has 0 fully saturated rings. The third-order valence-electron chi connectivity index (χ3n) is 1.54. The second-order valence-electron chi connectivity index (χ2n) is 2.63. The summed E-state index contributed by atoms with van der Waals surface area (Å²) in [6.07, 6.45) is 0. The molecule has 0 saturated heterocycles. The Morgan fingerprint density at radius 1 is 1.36 bits per heavy atom. The van der Waals surface area contributed by atoms with Crippen molar-refractivity contribution in [1.29, 1.82) is 0 Å². The van der Waals surface area contributed by atoms with Gasteiger partial charge in [-0.2, -0.15) is 0 Å². The van der Waals surface area contributed by atoms with Gasteiger partial charge in [0, 0.05) is 22.3 Å². The lowest BCUT2D eigenvalue weighted by Gasteiger charge is -2.08. The van der Waals surface area contributed by atoms with E-state index in [-0.39, 0.29) is 5.56 Å². The zero-order valence-corrected chi connectivity index (χ0v) is 10.2. The van der Waals surface area contributed by atoms with Crippen molar-refractivity contribution in [2.45, 2.75) is 17.4 Å². The number of hydrogen-bond donors (Lipinski definition) is 0. The van der Waals surface area contributed by atoms with Crippen molar-refractivity contribution in [3.05, 3.63) is 29.3 Å². The zero-order chi connectivity index (χ0) is 10.4. The standard InChI is InChI=1S/C10H12Cl2OS/c1-2-13-10(12)7-14-9-5-3-8(11)4-6-9/h3-6,10H,2,7H2,1H3. The van der Waals surface area contributed by atoms with Crippen LogP contribution in [-0.4, -0.2) is 17.9 Å². The van der Waals surface area contributed by atoms with Crippen LogP contribution in [0.25, 0.3) is 0 Å². The van der Waals surface area contributed by atoms with E-state index in [1.54, 1.807) is 11.8 Å². The zero-order valence-electron chi connectivity index (χ0n) is 7.87. The normalized spacial score (nSPS) is 12.8. The van der Waals surface area contributed by atoms with Gasteiger partial charge in [0.2, 0.25) is 0 Å². The maximum absolute atomic E-state index is 5.89. The minimum Gasteiger partial charge on any atom is -0.362 e. The molecule has 1 rings (SSSR count). The molecule has 0 spiro atoms. The summed E-state index contributed by atoms with van der Waals surface area (Å²) in [7, 11) is 0. The highest BCUT2D eigenvalue weighted by Crippen LogP contribution is 2.22. The lowest BCUT2D eigenvalue weighted by molar-refractivity contribution is 0.135. The summed E-state index contributed by atoms with van der Waals surface area (Å²) in [6, 6.07) is 7.69. The van der Waals surface area contributed by atoms with E-state index >= 15 is 0 Å². The van der Waals surface area contributed by atoms with Crippen LogP contribution in [0.15, 0.2) is 29.2 Å². The Bertz CT molecular complexity index is 263. The van der Waals surface area contributed by atoms with Crippen LogP contribution in [0.4, 0.5) is 0 Å². The van der Waals surface area contributed by atoms with Crippen molar-refractivity contribution in [3.63, 3.8) is 0 Å². The molecule has 1 aromatic carbocycles. The topological polar surface area (TPSA) is 9.23 Å². The number of halogens is 2. The largest absolute Gasteiger partial charge is 0.362 e. The second kappa shape index (κ2) is 6.57. The predicted molar refractivity (Wildman–Crippen MR) is 63.4 cm³/mol. The van der Waals surface area contributed by atoms with Gasteiger partial charge >= 0.3 is 0 Å². The molecule has 14 heavy (non-hydrogen) atoms. The number of hydrogen-bond acceptors (Lipinski definition) is 2. The van der Waals surface area contributed by atoms with Gasteiger partial charge in [-0.05, 0) is 31.2 Å². The molecule has 0 saturated carbocycles. The van der Waals surface area contributed by atoms with Gasteiger partial charge < -0.3 is 4.74 Å². The van der Waals surface area contributed by atoms with Crippen molar-refractivity contribution in [2.75, 3.05) is 12.4 Å². The minimum absolute atomic E-state index is 0.222. The fourth-order valence-electron chi connectivity index (χ4n) is 0.922. The molecular weight excluding hydrogens is 239 g/mol. The highest BCUT2D eigenvalue weighted by Gasteiger charge is 2.03. The summed E-state index contributed by atoms with van der Waals surface area (Å²) in [6.45, 7) is 2.58. The Morgan fingerprint density at radius 3 is 2.57 bits per heavy atom. The summed E-state index contributed by atoms with van der Waals surface area (Å²) >= 11 is 13.3. The Labute approximate surface area is 98.7 Å². The van der Waals surface area contributed by atoms with E-state index < -0.39 is 0 Å². The van der Waals surface area contributed by atoms with Gasteiger partial charge in [0.15, 0.2) is 0 Å².